The quantitative estimate of drug-likeness (QED) is 0.530. The predicted octanol–water partition coefficient (Wildman–Crippen LogP) is -1.71. The van der Waals surface area contributed by atoms with Gasteiger partial charge in [-0.15, -0.1) is 4.73 Å². The molecule has 10 heteroatoms. The number of rotatable bonds is 6. The van der Waals surface area contributed by atoms with E-state index in [2.05, 4.69) is 10.2 Å². The molecule has 2 heterocycles. The molecular weight excluding hydrogens is 310 g/mol. The number of aromatic hydroxyl groups is 2. The van der Waals surface area contributed by atoms with Crippen molar-refractivity contribution in [3.8, 4) is 11.8 Å². The number of hydrogen-bond acceptors (Lipinski definition) is 7. The largest absolute Gasteiger partial charge is 0.492 e. The van der Waals surface area contributed by atoms with Gasteiger partial charge in [-0.25, -0.2) is 4.79 Å². The number of nitrogens with zero attached hydrogens (tertiary/aromatic N) is 2. The zero-order valence-electron chi connectivity index (χ0n) is 11.8. The summed E-state index contributed by atoms with van der Waals surface area (Å²) in [6, 6.07) is 2.22. The van der Waals surface area contributed by atoms with Crippen LogP contribution in [0.25, 0.3) is 0 Å². The topological polar surface area (TPSA) is 138 Å². The molecule has 1 aliphatic rings. The summed E-state index contributed by atoms with van der Waals surface area (Å²) < 4.78 is 0.488. The lowest BCUT2D eigenvalue weighted by Gasteiger charge is -2.13. The van der Waals surface area contributed by atoms with Gasteiger partial charge in [-0.2, -0.15) is 0 Å². The fourth-order valence-corrected chi connectivity index (χ4v) is 1.75. The Balaban J connectivity index is 1.73. The second-order valence-corrected chi connectivity index (χ2v) is 4.50. The average molecular weight is 323 g/mol. The van der Waals surface area contributed by atoms with Crippen LogP contribution in [-0.4, -0.2) is 56.6 Å². The Hall–Kier alpha value is -3.30. The normalized spacial score (nSPS) is 13.5. The molecule has 3 N–H and O–H groups in total. The molecule has 122 valence electrons. The Labute approximate surface area is 129 Å². The molecule has 0 saturated heterocycles. The lowest BCUT2D eigenvalue weighted by molar-refractivity contribution is -0.146. The minimum atomic E-state index is -0.935. The Morgan fingerprint density at radius 2 is 1.65 bits per heavy atom. The third kappa shape index (κ3) is 3.87. The van der Waals surface area contributed by atoms with Gasteiger partial charge in [-0.1, -0.05) is 0 Å². The summed E-state index contributed by atoms with van der Waals surface area (Å²) in [5, 5.41) is 20.8. The van der Waals surface area contributed by atoms with E-state index in [9.17, 15) is 29.4 Å². The maximum absolute atomic E-state index is 11.6. The fourth-order valence-electron chi connectivity index (χ4n) is 1.75. The monoisotopic (exact) mass is 323 g/mol. The molecule has 10 nitrogen and oxygen atoms in total. The summed E-state index contributed by atoms with van der Waals surface area (Å²) >= 11 is 0. The maximum Gasteiger partial charge on any atom is 0.352 e. The summed E-state index contributed by atoms with van der Waals surface area (Å²) in [7, 11) is 0. The summed E-state index contributed by atoms with van der Waals surface area (Å²) in [6.07, 6.45) is 2.04. The van der Waals surface area contributed by atoms with Gasteiger partial charge < -0.3 is 20.4 Å². The Morgan fingerprint density at radius 3 is 2.22 bits per heavy atom. The van der Waals surface area contributed by atoms with E-state index in [0.29, 0.717) is 4.73 Å². The summed E-state index contributed by atoms with van der Waals surface area (Å²) in [6.45, 7) is -0.624. The van der Waals surface area contributed by atoms with Crippen LogP contribution in [0.15, 0.2) is 24.3 Å². The number of amides is 3. The van der Waals surface area contributed by atoms with Crippen molar-refractivity contribution >= 4 is 23.7 Å². The first-order chi connectivity index (χ1) is 10.9. The minimum Gasteiger partial charge on any atom is -0.492 e. The highest BCUT2D eigenvalue weighted by atomic mass is 16.7. The molecule has 1 aromatic heterocycles. The number of hydrogen-bond donors (Lipinski definition) is 3. The molecule has 0 aliphatic carbocycles. The van der Waals surface area contributed by atoms with Crippen LogP contribution >= 0.6 is 0 Å². The van der Waals surface area contributed by atoms with Crippen molar-refractivity contribution < 1.29 is 34.2 Å². The molecule has 1 aliphatic heterocycles. The fraction of sp³-hybridized carbons (Fsp3) is 0.231. The van der Waals surface area contributed by atoms with Crippen molar-refractivity contribution in [2.24, 2.45) is 0 Å². The van der Waals surface area contributed by atoms with Crippen molar-refractivity contribution in [3.63, 3.8) is 0 Å². The summed E-state index contributed by atoms with van der Waals surface area (Å²) in [4.78, 5) is 51.1. The van der Waals surface area contributed by atoms with Crippen LogP contribution in [0.3, 0.4) is 0 Å². The molecule has 3 amide bonds. The summed E-state index contributed by atoms with van der Waals surface area (Å²) in [5.41, 5.74) is 0. The summed E-state index contributed by atoms with van der Waals surface area (Å²) in [5.74, 6) is -3.48. The van der Waals surface area contributed by atoms with Crippen molar-refractivity contribution in [3.05, 3.63) is 24.3 Å². The number of carbonyl (C=O) groups excluding carboxylic acids is 4. The molecule has 23 heavy (non-hydrogen) atoms. The van der Waals surface area contributed by atoms with Gasteiger partial charge in [-0.3, -0.25) is 19.3 Å². The van der Waals surface area contributed by atoms with Crippen molar-refractivity contribution in [1.29, 1.82) is 0 Å². The van der Waals surface area contributed by atoms with Crippen molar-refractivity contribution in [2.45, 2.75) is 6.42 Å². The molecule has 2 rings (SSSR count). The van der Waals surface area contributed by atoms with Gasteiger partial charge in [0.1, 0.15) is 6.54 Å². The lowest BCUT2D eigenvalue weighted by Crippen LogP contribution is -2.37. The van der Waals surface area contributed by atoms with Crippen molar-refractivity contribution in [2.75, 3.05) is 13.1 Å². The first kappa shape index (κ1) is 16.1. The van der Waals surface area contributed by atoms with E-state index < -0.39 is 42.0 Å². The van der Waals surface area contributed by atoms with Crippen LogP contribution in [-0.2, 0) is 19.2 Å². The number of carbonyl (C=O) groups is 4. The van der Waals surface area contributed by atoms with Crippen molar-refractivity contribution in [1.82, 2.24) is 14.9 Å². The molecular formula is C13H13N3O7. The lowest BCUT2D eigenvalue weighted by atomic mass is 10.3. The van der Waals surface area contributed by atoms with Crippen LogP contribution in [0.4, 0.5) is 0 Å². The zero-order valence-corrected chi connectivity index (χ0v) is 11.8. The van der Waals surface area contributed by atoms with Gasteiger partial charge in [0.05, 0.1) is 0 Å². The van der Waals surface area contributed by atoms with Gasteiger partial charge in [0, 0.05) is 37.3 Å². The second-order valence-electron chi connectivity index (χ2n) is 4.50. The van der Waals surface area contributed by atoms with E-state index in [0.717, 1.165) is 29.2 Å². The van der Waals surface area contributed by atoms with E-state index >= 15 is 0 Å². The van der Waals surface area contributed by atoms with E-state index in [1.807, 2.05) is 0 Å². The van der Waals surface area contributed by atoms with E-state index in [1.165, 1.54) is 0 Å². The molecule has 0 saturated carbocycles. The predicted molar refractivity (Wildman–Crippen MR) is 72.8 cm³/mol. The minimum absolute atomic E-state index is 0.106. The third-order valence-electron chi connectivity index (χ3n) is 2.88. The van der Waals surface area contributed by atoms with E-state index in [4.69, 9.17) is 0 Å². The van der Waals surface area contributed by atoms with Gasteiger partial charge in [0.2, 0.25) is 17.7 Å². The Bertz CT molecular complexity index is 654. The SMILES string of the molecule is O=C(CCN1C(=O)C=CC1=O)NCC(=O)On1c(O)ccc1O. The highest BCUT2D eigenvalue weighted by Gasteiger charge is 2.23. The first-order valence-electron chi connectivity index (χ1n) is 6.49. The first-order valence-corrected chi connectivity index (χ1v) is 6.49. The van der Waals surface area contributed by atoms with E-state index in [-0.39, 0.29) is 13.0 Å². The average Bonchev–Trinajstić information content (AvgIpc) is 2.99. The smallest absolute Gasteiger partial charge is 0.352 e. The van der Waals surface area contributed by atoms with E-state index in [1.54, 1.807) is 0 Å². The molecule has 0 aromatic carbocycles. The molecule has 0 bridgehead atoms. The van der Waals surface area contributed by atoms with Gasteiger partial charge in [0.25, 0.3) is 11.8 Å². The molecule has 0 unspecified atom stereocenters. The van der Waals surface area contributed by atoms with Crippen LogP contribution in [0.5, 0.6) is 11.8 Å². The number of imide groups is 1. The van der Waals surface area contributed by atoms with Crippen LogP contribution in [0.1, 0.15) is 6.42 Å². The van der Waals surface area contributed by atoms with Gasteiger partial charge >= 0.3 is 5.97 Å². The standard InChI is InChI=1S/C13H13N3O7/c17-8(5-6-15-9(18)1-2-10(15)19)14-7-13(22)23-16-11(20)3-4-12(16)21/h1-4,20-21H,5-7H2,(H,14,17). The molecule has 1 aromatic rings. The van der Waals surface area contributed by atoms with Gasteiger partial charge in [-0.05, 0) is 0 Å². The molecule has 0 atom stereocenters. The van der Waals surface area contributed by atoms with Gasteiger partial charge in [0.15, 0.2) is 0 Å². The number of nitrogens with one attached hydrogen (secondary N) is 1. The Kier molecular flexibility index (Phi) is 4.64. The highest BCUT2D eigenvalue weighted by molar-refractivity contribution is 6.13. The molecule has 0 spiro atoms. The highest BCUT2D eigenvalue weighted by Crippen LogP contribution is 2.18. The Morgan fingerprint density at radius 1 is 1.09 bits per heavy atom. The van der Waals surface area contributed by atoms with Crippen LogP contribution in [0.2, 0.25) is 0 Å². The second kappa shape index (κ2) is 6.64. The maximum atomic E-state index is 11.6. The number of aromatic nitrogens is 1. The zero-order chi connectivity index (χ0) is 17.0. The van der Waals surface area contributed by atoms with Crippen LogP contribution in [0, 0.1) is 0 Å². The molecule has 0 fully saturated rings. The third-order valence-corrected chi connectivity index (χ3v) is 2.88. The molecule has 0 radical (unpaired) electrons. The van der Waals surface area contributed by atoms with Crippen LogP contribution < -0.4 is 10.2 Å².